The monoisotopic (exact) mass is 486 g/mol. The van der Waals surface area contributed by atoms with Gasteiger partial charge in [0, 0.05) is 25.2 Å². The van der Waals surface area contributed by atoms with Gasteiger partial charge >= 0.3 is 0 Å². The predicted molar refractivity (Wildman–Crippen MR) is 146 cm³/mol. The molecule has 4 rings (SSSR count). The molecule has 6 heteroatoms. The van der Waals surface area contributed by atoms with Crippen LogP contribution in [-0.4, -0.2) is 52.6 Å². The number of hydrogen-bond donors (Lipinski definition) is 3. The molecule has 0 amide bonds. The van der Waals surface area contributed by atoms with Crippen LogP contribution < -0.4 is 15.5 Å². The number of β-amino-alcohol motifs (C(OH)–C–C–N with tert-alkyl or cyclic N) is 2. The first-order valence-corrected chi connectivity index (χ1v) is 14.2. The summed E-state index contributed by atoms with van der Waals surface area (Å²) < 4.78 is 0. The molecule has 1 aromatic rings. The standard InChI is InChI=1S/C29H50N4O2/c1-17(2)21-9-7-19(5)13-24(21)33(25-14-20(6)8-10-22(25)18(3)4)29-23(30)11-12-28(31-29)32-15-26(34)27(35)16-32/h11-12,17-22,24-27,34-35H,7-10,13-16,30H2,1-6H3. The van der Waals surface area contributed by atoms with E-state index in [2.05, 4.69) is 46.4 Å². The quantitative estimate of drug-likeness (QED) is 0.528. The molecule has 0 radical (unpaired) electrons. The predicted octanol–water partition coefficient (Wildman–Crippen LogP) is 4.93. The van der Waals surface area contributed by atoms with Crippen molar-refractivity contribution < 1.29 is 10.2 Å². The van der Waals surface area contributed by atoms with E-state index in [-0.39, 0.29) is 0 Å². The number of aromatic nitrogens is 1. The van der Waals surface area contributed by atoms with Crippen LogP contribution >= 0.6 is 0 Å². The summed E-state index contributed by atoms with van der Waals surface area (Å²) in [5.74, 6) is 5.60. The average Bonchev–Trinajstić information content (AvgIpc) is 3.13. The van der Waals surface area contributed by atoms with Crippen molar-refractivity contribution in [2.45, 2.75) is 104 Å². The first-order valence-electron chi connectivity index (χ1n) is 14.2. The Kier molecular flexibility index (Phi) is 8.22. The molecule has 2 aliphatic carbocycles. The minimum Gasteiger partial charge on any atom is -0.396 e. The van der Waals surface area contributed by atoms with Crippen LogP contribution in [0.1, 0.15) is 80.1 Å². The Balaban J connectivity index is 1.80. The average molecular weight is 487 g/mol. The molecule has 2 saturated carbocycles. The lowest BCUT2D eigenvalue weighted by Crippen LogP contribution is -2.56. The number of pyridine rings is 1. The first-order chi connectivity index (χ1) is 16.6. The Morgan fingerprint density at radius 3 is 1.80 bits per heavy atom. The van der Waals surface area contributed by atoms with E-state index in [0.717, 1.165) is 17.3 Å². The van der Waals surface area contributed by atoms with Gasteiger partial charge in [0.05, 0.1) is 17.9 Å². The number of hydrogen-bond acceptors (Lipinski definition) is 6. The van der Waals surface area contributed by atoms with Crippen LogP contribution in [0.4, 0.5) is 17.3 Å². The summed E-state index contributed by atoms with van der Waals surface area (Å²) in [5.41, 5.74) is 7.49. The van der Waals surface area contributed by atoms with Crippen molar-refractivity contribution in [2.24, 2.45) is 35.5 Å². The van der Waals surface area contributed by atoms with Gasteiger partial charge in [-0.2, -0.15) is 0 Å². The van der Waals surface area contributed by atoms with Crippen LogP contribution in [0.2, 0.25) is 0 Å². The maximum Gasteiger partial charge on any atom is 0.154 e. The molecule has 198 valence electrons. The number of aliphatic hydroxyl groups excluding tert-OH is 2. The second kappa shape index (κ2) is 10.8. The van der Waals surface area contributed by atoms with Gasteiger partial charge in [-0.1, -0.05) is 54.4 Å². The van der Waals surface area contributed by atoms with Crippen molar-refractivity contribution in [1.82, 2.24) is 4.98 Å². The normalized spacial score (nSPS) is 36.2. The molecule has 3 aliphatic rings. The zero-order valence-corrected chi connectivity index (χ0v) is 22.9. The minimum absolute atomic E-state index is 0.404. The Morgan fingerprint density at radius 1 is 0.857 bits per heavy atom. The third-order valence-corrected chi connectivity index (χ3v) is 9.41. The maximum atomic E-state index is 10.2. The van der Waals surface area contributed by atoms with Gasteiger partial charge in [-0.05, 0) is 73.3 Å². The largest absolute Gasteiger partial charge is 0.396 e. The van der Waals surface area contributed by atoms with Crippen LogP contribution in [0.3, 0.4) is 0 Å². The molecule has 0 bridgehead atoms. The highest BCUT2D eigenvalue weighted by molar-refractivity contribution is 5.67. The molecule has 8 atom stereocenters. The summed E-state index contributed by atoms with van der Waals surface area (Å²) in [7, 11) is 0. The maximum absolute atomic E-state index is 10.2. The molecular formula is C29H50N4O2. The molecule has 2 heterocycles. The SMILES string of the molecule is CC1CCC(C(C)C)C(N(c2nc(N3CC(O)C(O)C3)ccc2N)C2CC(C)CCC2C(C)C)C1. The van der Waals surface area contributed by atoms with Gasteiger partial charge in [0.15, 0.2) is 5.82 Å². The van der Waals surface area contributed by atoms with Gasteiger partial charge in [0.25, 0.3) is 0 Å². The number of rotatable bonds is 6. The van der Waals surface area contributed by atoms with Crippen LogP contribution in [-0.2, 0) is 0 Å². The van der Waals surface area contributed by atoms with Crippen LogP contribution in [0.25, 0.3) is 0 Å². The molecule has 3 fully saturated rings. The molecule has 4 N–H and O–H groups in total. The first kappa shape index (κ1) is 26.5. The van der Waals surface area contributed by atoms with Gasteiger partial charge in [-0.3, -0.25) is 0 Å². The Labute approximate surface area is 213 Å². The lowest BCUT2D eigenvalue weighted by molar-refractivity contribution is 0.0572. The van der Waals surface area contributed by atoms with Crippen molar-refractivity contribution in [3.8, 4) is 0 Å². The van der Waals surface area contributed by atoms with Crippen LogP contribution in [0.5, 0.6) is 0 Å². The van der Waals surface area contributed by atoms with E-state index in [1.165, 1.54) is 38.5 Å². The number of anilines is 3. The zero-order chi connectivity index (χ0) is 25.4. The van der Waals surface area contributed by atoms with Crippen molar-refractivity contribution in [2.75, 3.05) is 28.6 Å². The molecule has 1 aromatic heterocycles. The molecule has 1 saturated heterocycles. The van der Waals surface area contributed by atoms with Crippen molar-refractivity contribution >= 4 is 17.3 Å². The van der Waals surface area contributed by atoms with Crippen LogP contribution in [0.15, 0.2) is 12.1 Å². The van der Waals surface area contributed by atoms with Gasteiger partial charge in [0.2, 0.25) is 0 Å². The van der Waals surface area contributed by atoms with E-state index < -0.39 is 12.2 Å². The van der Waals surface area contributed by atoms with Crippen LogP contribution in [0, 0.1) is 35.5 Å². The molecule has 0 aromatic carbocycles. The molecule has 1 aliphatic heterocycles. The molecule has 0 spiro atoms. The van der Waals surface area contributed by atoms with E-state index in [4.69, 9.17) is 10.7 Å². The van der Waals surface area contributed by atoms with Crippen molar-refractivity contribution in [1.29, 1.82) is 0 Å². The molecular weight excluding hydrogens is 436 g/mol. The minimum atomic E-state index is -0.733. The van der Waals surface area contributed by atoms with E-state index >= 15 is 0 Å². The van der Waals surface area contributed by atoms with Gasteiger partial charge in [-0.25, -0.2) is 4.98 Å². The van der Waals surface area contributed by atoms with Crippen molar-refractivity contribution in [3.63, 3.8) is 0 Å². The summed E-state index contributed by atoms with van der Waals surface area (Å²) >= 11 is 0. The third kappa shape index (κ3) is 5.58. The zero-order valence-electron chi connectivity index (χ0n) is 22.9. The summed E-state index contributed by atoms with van der Waals surface area (Å²) in [6.07, 6.45) is 6.03. The lowest BCUT2D eigenvalue weighted by atomic mass is 9.69. The fourth-order valence-electron chi connectivity index (χ4n) is 7.29. The fraction of sp³-hybridized carbons (Fsp3) is 0.828. The highest BCUT2D eigenvalue weighted by Gasteiger charge is 2.44. The van der Waals surface area contributed by atoms with Gasteiger partial charge in [0.1, 0.15) is 5.82 Å². The topological polar surface area (TPSA) is 85.9 Å². The van der Waals surface area contributed by atoms with E-state index in [0.29, 0.717) is 60.7 Å². The highest BCUT2D eigenvalue weighted by Crippen LogP contribution is 2.46. The Bertz CT molecular complexity index is 804. The lowest BCUT2D eigenvalue weighted by Gasteiger charge is -2.52. The number of nitrogens with two attached hydrogens (primary N) is 1. The van der Waals surface area contributed by atoms with Crippen molar-refractivity contribution in [3.05, 3.63) is 12.1 Å². The summed E-state index contributed by atoms with van der Waals surface area (Å²) in [6.45, 7) is 15.2. The summed E-state index contributed by atoms with van der Waals surface area (Å²) in [6, 6.07) is 4.80. The second-order valence-corrected chi connectivity index (χ2v) is 12.8. The highest BCUT2D eigenvalue weighted by atomic mass is 16.3. The Hall–Kier alpha value is -1.53. The molecule has 6 nitrogen and oxygen atoms in total. The van der Waals surface area contributed by atoms with E-state index in [1.807, 2.05) is 17.0 Å². The van der Waals surface area contributed by atoms with E-state index in [9.17, 15) is 10.2 Å². The van der Waals surface area contributed by atoms with Gasteiger partial charge < -0.3 is 25.7 Å². The molecule has 8 unspecified atom stereocenters. The third-order valence-electron chi connectivity index (χ3n) is 9.41. The van der Waals surface area contributed by atoms with E-state index in [1.54, 1.807) is 0 Å². The van der Waals surface area contributed by atoms with Gasteiger partial charge in [-0.15, -0.1) is 0 Å². The fourth-order valence-corrected chi connectivity index (χ4v) is 7.29. The summed E-state index contributed by atoms with van der Waals surface area (Å²) in [4.78, 5) is 9.92. The molecule has 35 heavy (non-hydrogen) atoms. The summed E-state index contributed by atoms with van der Waals surface area (Å²) in [5, 5.41) is 20.3. The smallest absolute Gasteiger partial charge is 0.154 e. The number of aliphatic hydroxyl groups is 2. The number of nitrogen functional groups attached to an aromatic ring is 1. The second-order valence-electron chi connectivity index (χ2n) is 12.8. The number of nitrogens with zero attached hydrogens (tertiary/aromatic N) is 3. The Morgan fingerprint density at radius 2 is 1.34 bits per heavy atom.